The van der Waals surface area contributed by atoms with Gasteiger partial charge < -0.3 is 10.0 Å². The van der Waals surface area contributed by atoms with Gasteiger partial charge in [-0.25, -0.2) is 13.2 Å². The molecule has 1 aromatic rings. The maximum atomic E-state index is 13.6. The minimum atomic E-state index is -4.87. The van der Waals surface area contributed by atoms with Crippen LogP contribution in [-0.2, 0) is 4.79 Å². The summed E-state index contributed by atoms with van der Waals surface area (Å²) in [6.07, 6.45) is -4.87. The van der Waals surface area contributed by atoms with Crippen LogP contribution in [0.5, 0.6) is 0 Å². The number of carboxylic acids is 1. The van der Waals surface area contributed by atoms with Gasteiger partial charge >= 0.3 is 12.1 Å². The molecule has 0 spiro atoms. The van der Waals surface area contributed by atoms with Gasteiger partial charge in [0.2, 0.25) is 0 Å². The largest absolute Gasteiger partial charge is 0.481 e. The Morgan fingerprint density at radius 3 is 2.17 bits per heavy atom. The molecule has 0 radical (unpaired) electrons. The molecule has 10 heteroatoms. The molecular weight excluding hydrogens is 332 g/mol. The fraction of sp³-hybridized carbons (Fsp3) is 0.385. The van der Waals surface area contributed by atoms with Crippen LogP contribution in [0, 0.1) is 29.3 Å². The Kier molecular flexibility index (Phi) is 4.27. The normalized spacial score (nSPS) is 21.6. The van der Waals surface area contributed by atoms with E-state index in [-0.39, 0.29) is 0 Å². The Labute approximate surface area is 125 Å². The maximum absolute atomic E-state index is 13.6. The smallest absolute Gasteiger partial charge is 0.394 e. The van der Waals surface area contributed by atoms with Crippen molar-refractivity contribution in [3.63, 3.8) is 0 Å². The molecule has 1 heterocycles. The molecular formula is C13H9F6NO3. The van der Waals surface area contributed by atoms with E-state index in [9.17, 15) is 35.9 Å². The zero-order chi connectivity index (χ0) is 17.5. The van der Waals surface area contributed by atoms with Crippen molar-refractivity contribution in [2.75, 3.05) is 13.1 Å². The maximum Gasteiger partial charge on any atom is 0.394 e. The first-order valence-corrected chi connectivity index (χ1v) is 6.26. The summed E-state index contributed by atoms with van der Waals surface area (Å²) in [6.45, 7) is -1.81. The number of nitrogens with zero attached hydrogens (tertiary/aromatic N) is 1. The van der Waals surface area contributed by atoms with Gasteiger partial charge in [-0.3, -0.25) is 9.59 Å². The SMILES string of the molecule is O=C(O)[C@@H]1CN(C(=O)c2ccc(F)c(F)c2F)C[C@H]1C(F)(F)F. The summed E-state index contributed by atoms with van der Waals surface area (Å²) < 4.78 is 78.0. The van der Waals surface area contributed by atoms with Gasteiger partial charge in [0, 0.05) is 13.1 Å². The van der Waals surface area contributed by atoms with Crippen molar-refractivity contribution in [3.8, 4) is 0 Å². The van der Waals surface area contributed by atoms with Crippen molar-refractivity contribution in [2.45, 2.75) is 6.18 Å². The standard InChI is InChI=1S/C13H9F6NO3/c14-8-2-1-5(9(15)10(8)16)11(21)20-3-6(12(22)23)7(4-20)13(17,18)19/h1-2,6-7H,3-4H2,(H,22,23)/t6-,7-/m1/s1. The summed E-state index contributed by atoms with van der Waals surface area (Å²) >= 11 is 0. The molecule has 1 fully saturated rings. The molecule has 23 heavy (non-hydrogen) atoms. The zero-order valence-corrected chi connectivity index (χ0v) is 11.2. The number of hydrogen-bond acceptors (Lipinski definition) is 2. The van der Waals surface area contributed by atoms with Gasteiger partial charge in [-0.2, -0.15) is 13.2 Å². The summed E-state index contributed by atoms with van der Waals surface area (Å²) in [5.41, 5.74) is -0.962. The predicted molar refractivity (Wildman–Crippen MR) is 62.9 cm³/mol. The second-order valence-corrected chi connectivity index (χ2v) is 5.03. The summed E-state index contributed by atoms with van der Waals surface area (Å²) in [5, 5.41) is 8.83. The number of carboxylic acid groups (broad SMARTS) is 1. The first-order chi connectivity index (χ1) is 10.5. The summed E-state index contributed by atoms with van der Waals surface area (Å²) in [6, 6.07) is 1.05. The van der Waals surface area contributed by atoms with Crippen LogP contribution >= 0.6 is 0 Å². The van der Waals surface area contributed by atoms with E-state index in [2.05, 4.69) is 0 Å². The zero-order valence-electron chi connectivity index (χ0n) is 11.2. The molecule has 1 saturated heterocycles. The highest BCUT2D eigenvalue weighted by Gasteiger charge is 2.53. The highest BCUT2D eigenvalue weighted by Crippen LogP contribution is 2.38. The van der Waals surface area contributed by atoms with Crippen LogP contribution in [0.2, 0.25) is 0 Å². The summed E-state index contributed by atoms with van der Waals surface area (Å²) in [4.78, 5) is 23.4. The number of hydrogen-bond donors (Lipinski definition) is 1. The first-order valence-electron chi connectivity index (χ1n) is 6.26. The van der Waals surface area contributed by atoms with E-state index in [4.69, 9.17) is 5.11 Å². The second kappa shape index (κ2) is 5.74. The molecule has 0 unspecified atom stereocenters. The molecule has 1 amide bonds. The Hall–Kier alpha value is -2.26. The average molecular weight is 341 g/mol. The van der Waals surface area contributed by atoms with Gasteiger partial charge in [-0.1, -0.05) is 0 Å². The first kappa shape index (κ1) is 17.1. The van der Waals surface area contributed by atoms with Crippen LogP contribution in [-0.4, -0.2) is 41.1 Å². The van der Waals surface area contributed by atoms with E-state index in [0.717, 1.165) is 0 Å². The molecule has 0 bridgehead atoms. The molecule has 1 N–H and O–H groups in total. The van der Waals surface area contributed by atoms with Gasteiger partial charge in [0.1, 0.15) is 0 Å². The van der Waals surface area contributed by atoms with E-state index in [1.165, 1.54) is 0 Å². The Balaban J connectivity index is 2.31. The molecule has 0 aromatic heterocycles. The van der Waals surface area contributed by atoms with Crippen molar-refractivity contribution < 1.29 is 41.0 Å². The van der Waals surface area contributed by atoms with Crippen molar-refractivity contribution in [2.24, 2.45) is 11.8 Å². The number of benzene rings is 1. The molecule has 2 rings (SSSR count). The van der Waals surface area contributed by atoms with Crippen LogP contribution in [0.1, 0.15) is 10.4 Å². The third kappa shape index (κ3) is 3.10. The third-order valence-electron chi connectivity index (χ3n) is 3.61. The lowest BCUT2D eigenvalue weighted by Gasteiger charge is -2.18. The molecule has 4 nitrogen and oxygen atoms in total. The number of rotatable bonds is 2. The minimum absolute atomic E-state index is 0.456. The lowest BCUT2D eigenvalue weighted by molar-refractivity contribution is -0.187. The van der Waals surface area contributed by atoms with Crippen molar-refractivity contribution in [1.29, 1.82) is 0 Å². The molecule has 0 aliphatic carbocycles. The van der Waals surface area contributed by atoms with Crippen LogP contribution in [0.25, 0.3) is 0 Å². The highest BCUT2D eigenvalue weighted by atomic mass is 19.4. The molecule has 2 atom stereocenters. The molecule has 1 aliphatic heterocycles. The van der Waals surface area contributed by atoms with Gasteiger partial charge in [0.05, 0.1) is 17.4 Å². The lowest BCUT2D eigenvalue weighted by atomic mass is 9.96. The minimum Gasteiger partial charge on any atom is -0.481 e. The van der Waals surface area contributed by atoms with Crippen LogP contribution in [0.3, 0.4) is 0 Å². The number of alkyl halides is 3. The molecule has 0 saturated carbocycles. The number of carbonyl (C=O) groups is 2. The number of aliphatic carboxylic acids is 1. The van der Waals surface area contributed by atoms with Gasteiger partial charge in [-0.05, 0) is 12.1 Å². The topological polar surface area (TPSA) is 57.6 Å². The summed E-state index contributed by atoms with van der Waals surface area (Å²) in [5.74, 6) is -12.6. The van der Waals surface area contributed by atoms with Crippen LogP contribution < -0.4 is 0 Å². The number of likely N-dealkylation sites (tertiary alicyclic amines) is 1. The number of amides is 1. The van der Waals surface area contributed by atoms with E-state index in [1.807, 2.05) is 0 Å². The lowest BCUT2D eigenvalue weighted by Crippen LogP contribution is -2.34. The van der Waals surface area contributed by atoms with Gasteiger partial charge in [0.15, 0.2) is 17.5 Å². The molecule has 1 aromatic carbocycles. The Morgan fingerprint density at radius 2 is 1.70 bits per heavy atom. The van der Waals surface area contributed by atoms with E-state index >= 15 is 0 Å². The molecule has 126 valence electrons. The van der Waals surface area contributed by atoms with Crippen LogP contribution in [0.4, 0.5) is 26.3 Å². The molecule has 1 aliphatic rings. The Bertz CT molecular complexity index is 660. The second-order valence-electron chi connectivity index (χ2n) is 5.03. The monoisotopic (exact) mass is 341 g/mol. The van der Waals surface area contributed by atoms with Crippen molar-refractivity contribution in [1.82, 2.24) is 4.90 Å². The van der Waals surface area contributed by atoms with Gasteiger partial charge in [0.25, 0.3) is 5.91 Å². The fourth-order valence-electron chi connectivity index (χ4n) is 2.41. The van der Waals surface area contributed by atoms with E-state index < -0.39 is 66.0 Å². The number of halogens is 6. The fourth-order valence-corrected chi connectivity index (χ4v) is 2.41. The average Bonchev–Trinajstić information content (AvgIpc) is 2.90. The van der Waals surface area contributed by atoms with Crippen LogP contribution in [0.15, 0.2) is 12.1 Å². The van der Waals surface area contributed by atoms with Crippen molar-refractivity contribution in [3.05, 3.63) is 35.1 Å². The van der Waals surface area contributed by atoms with Gasteiger partial charge in [-0.15, -0.1) is 0 Å². The predicted octanol–water partition coefficient (Wildman–Crippen LogP) is 2.44. The number of carbonyl (C=O) groups excluding carboxylic acids is 1. The van der Waals surface area contributed by atoms with E-state index in [0.29, 0.717) is 17.0 Å². The highest BCUT2D eigenvalue weighted by molar-refractivity contribution is 5.95. The van der Waals surface area contributed by atoms with Crippen molar-refractivity contribution >= 4 is 11.9 Å². The third-order valence-corrected chi connectivity index (χ3v) is 3.61. The Morgan fingerprint density at radius 1 is 1.09 bits per heavy atom. The summed E-state index contributed by atoms with van der Waals surface area (Å²) in [7, 11) is 0. The van der Waals surface area contributed by atoms with E-state index in [1.54, 1.807) is 0 Å². The quantitative estimate of drug-likeness (QED) is 0.664.